The maximum Gasteiger partial charge on any atom is 0.337 e. The Kier molecular flexibility index (Phi) is 5.12. The second-order valence-electron chi connectivity index (χ2n) is 5.88. The first-order valence-corrected chi connectivity index (χ1v) is 8.16. The molecule has 1 aromatic heterocycles. The van der Waals surface area contributed by atoms with Crippen LogP contribution in [0, 0.1) is 17.0 Å². The summed E-state index contributed by atoms with van der Waals surface area (Å²) in [4.78, 5) is 26.8. The van der Waals surface area contributed by atoms with E-state index >= 15 is 0 Å². The third-order valence-electron chi connectivity index (χ3n) is 3.99. The molecule has 7 heteroatoms. The lowest BCUT2D eigenvalue weighted by Gasteiger charge is -2.09. The zero-order valence-electron chi connectivity index (χ0n) is 14.8. The van der Waals surface area contributed by atoms with E-state index < -0.39 is 10.9 Å². The van der Waals surface area contributed by atoms with E-state index in [1.54, 1.807) is 30.3 Å². The van der Waals surface area contributed by atoms with Crippen molar-refractivity contribution in [2.45, 2.75) is 6.92 Å². The minimum Gasteiger partial charge on any atom is -0.465 e. The molecule has 0 radical (unpaired) electrons. The number of carbonyl (C=O) groups excluding carboxylic acids is 1. The molecule has 0 amide bonds. The summed E-state index contributed by atoms with van der Waals surface area (Å²) in [6.07, 6.45) is 0. The fourth-order valence-corrected chi connectivity index (χ4v) is 2.52. The molecule has 7 nitrogen and oxygen atoms in total. The third kappa shape index (κ3) is 4.09. The van der Waals surface area contributed by atoms with Gasteiger partial charge in [0.05, 0.1) is 23.3 Å². The van der Waals surface area contributed by atoms with Gasteiger partial charge in [-0.2, -0.15) is 0 Å². The van der Waals surface area contributed by atoms with Gasteiger partial charge in [0.25, 0.3) is 0 Å². The van der Waals surface area contributed by atoms with Gasteiger partial charge in [-0.3, -0.25) is 10.1 Å². The van der Waals surface area contributed by atoms with Gasteiger partial charge >= 0.3 is 11.7 Å². The first kappa shape index (κ1) is 18.1. The van der Waals surface area contributed by atoms with E-state index in [1.165, 1.54) is 13.2 Å². The summed E-state index contributed by atoms with van der Waals surface area (Å²) >= 11 is 0. The van der Waals surface area contributed by atoms with Crippen LogP contribution in [0.25, 0.3) is 11.3 Å². The second-order valence-corrected chi connectivity index (χ2v) is 5.88. The van der Waals surface area contributed by atoms with Crippen molar-refractivity contribution in [2.24, 2.45) is 0 Å². The predicted octanol–water partition coefficient (Wildman–Crippen LogP) is 4.50. The van der Waals surface area contributed by atoms with Gasteiger partial charge in [-0.15, -0.1) is 0 Å². The summed E-state index contributed by atoms with van der Waals surface area (Å²) in [5.74, 6) is -0.323. The first-order chi connectivity index (χ1) is 13.0. The number of ether oxygens (including phenoxy) is 1. The zero-order chi connectivity index (χ0) is 19.4. The number of hydrogen-bond acceptors (Lipinski definition) is 6. The van der Waals surface area contributed by atoms with Crippen LogP contribution in [-0.2, 0) is 4.74 Å². The fraction of sp³-hybridized carbons (Fsp3) is 0.100. The van der Waals surface area contributed by atoms with Gasteiger partial charge in [-0.05, 0) is 37.3 Å². The molecule has 2 aromatic carbocycles. The van der Waals surface area contributed by atoms with Crippen LogP contribution in [0.5, 0.6) is 0 Å². The number of rotatable bonds is 5. The molecule has 0 atom stereocenters. The van der Waals surface area contributed by atoms with Crippen LogP contribution < -0.4 is 5.32 Å². The maximum atomic E-state index is 11.5. The number of nitro groups is 1. The average Bonchev–Trinajstić information content (AvgIpc) is 2.68. The number of nitrogens with one attached hydrogen (secondary N) is 1. The topological polar surface area (TPSA) is 94.4 Å². The predicted molar refractivity (Wildman–Crippen MR) is 102 cm³/mol. The summed E-state index contributed by atoms with van der Waals surface area (Å²) in [6, 6.07) is 17.2. The molecule has 0 aliphatic heterocycles. The molecular weight excluding hydrogens is 346 g/mol. The van der Waals surface area contributed by atoms with E-state index in [9.17, 15) is 14.9 Å². The van der Waals surface area contributed by atoms with Crippen LogP contribution in [0.1, 0.15) is 15.9 Å². The largest absolute Gasteiger partial charge is 0.465 e. The lowest BCUT2D eigenvalue weighted by molar-refractivity contribution is -0.384. The molecule has 0 saturated carbocycles. The number of aromatic nitrogens is 1. The van der Waals surface area contributed by atoms with Crippen molar-refractivity contribution in [1.29, 1.82) is 0 Å². The van der Waals surface area contributed by atoms with Crippen LogP contribution in [0.15, 0.2) is 60.7 Å². The standard InChI is InChI=1S/C20H17N3O4/c1-13-3-5-14(6-4-13)17-11-12-18(23(25)26)19(22-17)21-16-9-7-15(8-10-16)20(24)27-2/h3-12H,1-2H3,(H,21,22). The number of pyridine rings is 1. The molecule has 27 heavy (non-hydrogen) atoms. The van der Waals surface area contributed by atoms with Crippen molar-refractivity contribution in [3.05, 3.63) is 81.9 Å². The Hall–Kier alpha value is -3.74. The Labute approximate surface area is 155 Å². The number of benzene rings is 2. The summed E-state index contributed by atoms with van der Waals surface area (Å²) in [6.45, 7) is 1.98. The van der Waals surface area contributed by atoms with Crippen molar-refractivity contribution in [3.63, 3.8) is 0 Å². The number of nitrogens with zero attached hydrogens (tertiary/aromatic N) is 2. The number of anilines is 2. The molecule has 0 fully saturated rings. The Morgan fingerprint density at radius 3 is 2.30 bits per heavy atom. The van der Waals surface area contributed by atoms with Crippen LogP contribution >= 0.6 is 0 Å². The summed E-state index contributed by atoms with van der Waals surface area (Å²) < 4.78 is 4.66. The highest BCUT2D eigenvalue weighted by Gasteiger charge is 2.17. The summed E-state index contributed by atoms with van der Waals surface area (Å²) in [5, 5.41) is 14.3. The zero-order valence-corrected chi connectivity index (χ0v) is 14.8. The smallest absolute Gasteiger partial charge is 0.337 e. The Morgan fingerprint density at radius 1 is 1.04 bits per heavy atom. The number of carbonyl (C=O) groups is 1. The lowest BCUT2D eigenvalue weighted by atomic mass is 10.1. The molecule has 0 bridgehead atoms. The van der Waals surface area contributed by atoms with E-state index in [-0.39, 0.29) is 11.5 Å². The molecule has 136 valence electrons. The Morgan fingerprint density at radius 2 is 1.70 bits per heavy atom. The van der Waals surface area contributed by atoms with E-state index in [0.29, 0.717) is 16.9 Å². The maximum absolute atomic E-state index is 11.5. The third-order valence-corrected chi connectivity index (χ3v) is 3.99. The number of hydrogen-bond donors (Lipinski definition) is 1. The summed E-state index contributed by atoms with van der Waals surface area (Å²) in [5.41, 5.74) is 3.42. The lowest BCUT2D eigenvalue weighted by Crippen LogP contribution is -2.03. The molecule has 3 rings (SSSR count). The molecule has 1 heterocycles. The molecule has 1 N–H and O–H groups in total. The highest BCUT2D eigenvalue weighted by atomic mass is 16.6. The number of esters is 1. The first-order valence-electron chi connectivity index (χ1n) is 8.16. The van der Waals surface area contributed by atoms with E-state index in [2.05, 4.69) is 15.0 Å². The van der Waals surface area contributed by atoms with E-state index in [1.807, 2.05) is 31.2 Å². The fourth-order valence-electron chi connectivity index (χ4n) is 2.52. The van der Waals surface area contributed by atoms with Crippen molar-refractivity contribution < 1.29 is 14.5 Å². The van der Waals surface area contributed by atoms with Gasteiger partial charge < -0.3 is 10.1 Å². The highest BCUT2D eigenvalue weighted by molar-refractivity contribution is 5.89. The van der Waals surface area contributed by atoms with Gasteiger partial charge in [0.15, 0.2) is 0 Å². The van der Waals surface area contributed by atoms with Gasteiger partial charge in [-0.25, -0.2) is 9.78 Å². The van der Waals surface area contributed by atoms with Crippen LogP contribution in [-0.4, -0.2) is 23.0 Å². The van der Waals surface area contributed by atoms with Gasteiger partial charge in [0, 0.05) is 17.3 Å². The molecule has 0 unspecified atom stereocenters. The molecular formula is C20H17N3O4. The molecule has 3 aromatic rings. The monoisotopic (exact) mass is 363 g/mol. The second kappa shape index (κ2) is 7.65. The van der Waals surface area contributed by atoms with E-state index in [4.69, 9.17) is 0 Å². The molecule has 0 saturated heterocycles. The van der Waals surface area contributed by atoms with Crippen LogP contribution in [0.2, 0.25) is 0 Å². The van der Waals surface area contributed by atoms with E-state index in [0.717, 1.165) is 11.1 Å². The van der Waals surface area contributed by atoms with Crippen molar-refractivity contribution in [3.8, 4) is 11.3 Å². The highest BCUT2D eigenvalue weighted by Crippen LogP contribution is 2.29. The van der Waals surface area contributed by atoms with Gasteiger partial charge in [0.2, 0.25) is 5.82 Å². The van der Waals surface area contributed by atoms with Crippen LogP contribution in [0.3, 0.4) is 0 Å². The normalized spacial score (nSPS) is 10.3. The minimum absolute atomic E-state index is 0.129. The summed E-state index contributed by atoms with van der Waals surface area (Å²) in [7, 11) is 1.30. The molecule has 0 aliphatic rings. The SMILES string of the molecule is COC(=O)c1ccc(Nc2nc(-c3ccc(C)cc3)ccc2[N+](=O)[O-])cc1. The van der Waals surface area contributed by atoms with Crippen LogP contribution in [0.4, 0.5) is 17.2 Å². The average molecular weight is 363 g/mol. The Balaban J connectivity index is 1.94. The molecule has 0 spiro atoms. The van der Waals surface area contributed by atoms with Gasteiger partial charge in [-0.1, -0.05) is 29.8 Å². The van der Waals surface area contributed by atoms with Crippen molar-refractivity contribution >= 4 is 23.2 Å². The number of aryl methyl sites for hydroxylation is 1. The quantitative estimate of drug-likeness (QED) is 0.407. The number of methoxy groups -OCH3 is 1. The van der Waals surface area contributed by atoms with Gasteiger partial charge in [0.1, 0.15) is 0 Å². The Bertz CT molecular complexity index is 983. The minimum atomic E-state index is -0.489. The molecule has 0 aliphatic carbocycles. The van der Waals surface area contributed by atoms with Crippen molar-refractivity contribution in [2.75, 3.05) is 12.4 Å². The van der Waals surface area contributed by atoms with Crippen molar-refractivity contribution in [1.82, 2.24) is 4.98 Å².